The molecule has 0 bridgehead atoms. The second-order valence-electron chi connectivity index (χ2n) is 7.25. The Hall–Kier alpha value is -2.48. The first-order chi connectivity index (χ1) is 14.5. The smallest absolute Gasteiger partial charge is 0.343 e. The number of thiocarbonyl (C=S) groups is 1. The summed E-state index contributed by atoms with van der Waals surface area (Å²) in [5.74, 6) is -0.0446. The molecular formula is C23H21NO4S2. The first kappa shape index (κ1) is 20.8. The molecule has 30 heavy (non-hydrogen) atoms. The number of hydrogen-bond acceptors (Lipinski definition) is 6. The van der Waals surface area contributed by atoms with Crippen LogP contribution in [0.25, 0.3) is 6.08 Å². The Morgan fingerprint density at radius 3 is 2.63 bits per heavy atom. The number of benzene rings is 2. The van der Waals surface area contributed by atoms with Crippen LogP contribution in [0.2, 0.25) is 0 Å². The molecule has 0 aliphatic carbocycles. The molecule has 5 nitrogen and oxygen atoms in total. The lowest BCUT2D eigenvalue weighted by Gasteiger charge is -2.18. The van der Waals surface area contributed by atoms with Gasteiger partial charge in [-0.2, -0.15) is 0 Å². The van der Waals surface area contributed by atoms with Crippen LogP contribution in [-0.2, 0) is 9.53 Å². The molecule has 2 fully saturated rings. The van der Waals surface area contributed by atoms with Crippen molar-refractivity contribution >= 4 is 46.3 Å². The van der Waals surface area contributed by atoms with Gasteiger partial charge in [0, 0.05) is 6.61 Å². The van der Waals surface area contributed by atoms with E-state index < -0.39 is 5.97 Å². The van der Waals surface area contributed by atoms with Gasteiger partial charge in [0.05, 0.1) is 23.1 Å². The zero-order valence-corrected chi connectivity index (χ0v) is 18.1. The summed E-state index contributed by atoms with van der Waals surface area (Å²) in [6.07, 6.45) is 3.85. The molecule has 0 spiro atoms. The van der Waals surface area contributed by atoms with E-state index in [9.17, 15) is 9.59 Å². The lowest BCUT2D eigenvalue weighted by atomic mass is 10.1. The quantitative estimate of drug-likeness (QED) is 0.294. The predicted octanol–water partition coefficient (Wildman–Crippen LogP) is 4.59. The summed E-state index contributed by atoms with van der Waals surface area (Å²) in [4.78, 5) is 27.2. The maximum absolute atomic E-state index is 12.7. The zero-order chi connectivity index (χ0) is 21.1. The Kier molecular flexibility index (Phi) is 6.32. The summed E-state index contributed by atoms with van der Waals surface area (Å²) in [6.45, 7) is 3.22. The number of carbonyl (C=O) groups is 2. The molecule has 2 aliphatic rings. The van der Waals surface area contributed by atoms with E-state index in [-0.39, 0.29) is 12.0 Å². The molecule has 0 N–H and O–H groups in total. The third kappa shape index (κ3) is 4.80. The van der Waals surface area contributed by atoms with E-state index in [2.05, 4.69) is 0 Å². The second kappa shape index (κ2) is 9.12. The number of rotatable bonds is 5. The Balaban J connectivity index is 1.40. The maximum Gasteiger partial charge on any atom is 0.343 e. The summed E-state index contributed by atoms with van der Waals surface area (Å²) in [7, 11) is 0. The van der Waals surface area contributed by atoms with Crippen LogP contribution in [0.5, 0.6) is 5.75 Å². The van der Waals surface area contributed by atoms with Crippen molar-refractivity contribution < 1.29 is 19.1 Å². The average Bonchev–Trinajstić information content (AvgIpc) is 3.34. The summed E-state index contributed by atoms with van der Waals surface area (Å²) in [5.41, 5.74) is 2.42. The average molecular weight is 440 g/mol. The van der Waals surface area contributed by atoms with Crippen molar-refractivity contribution in [3.8, 4) is 5.75 Å². The topological polar surface area (TPSA) is 55.8 Å². The van der Waals surface area contributed by atoms with Gasteiger partial charge in [-0.1, -0.05) is 53.8 Å². The van der Waals surface area contributed by atoms with Gasteiger partial charge < -0.3 is 9.47 Å². The van der Waals surface area contributed by atoms with E-state index in [1.807, 2.05) is 31.2 Å². The van der Waals surface area contributed by atoms with Crippen LogP contribution in [0, 0.1) is 6.92 Å². The highest BCUT2D eigenvalue weighted by Gasteiger charge is 2.34. The highest BCUT2D eigenvalue weighted by Crippen LogP contribution is 2.33. The summed E-state index contributed by atoms with van der Waals surface area (Å²) < 4.78 is 11.6. The molecule has 0 radical (unpaired) electrons. The second-order valence-corrected chi connectivity index (χ2v) is 8.93. The highest BCUT2D eigenvalue weighted by atomic mass is 32.2. The molecule has 1 atom stereocenters. The zero-order valence-electron chi connectivity index (χ0n) is 16.5. The van der Waals surface area contributed by atoms with Crippen LogP contribution in [0.3, 0.4) is 0 Å². The fourth-order valence-electron chi connectivity index (χ4n) is 3.29. The molecule has 7 heteroatoms. The number of aryl methyl sites for hydroxylation is 1. The first-order valence-corrected chi connectivity index (χ1v) is 11.0. The van der Waals surface area contributed by atoms with Crippen molar-refractivity contribution in [1.82, 2.24) is 4.90 Å². The van der Waals surface area contributed by atoms with Gasteiger partial charge in [-0.05, 0) is 55.7 Å². The van der Waals surface area contributed by atoms with Crippen LogP contribution in [-0.4, -0.2) is 40.4 Å². The van der Waals surface area contributed by atoms with Gasteiger partial charge in [0.15, 0.2) is 0 Å². The van der Waals surface area contributed by atoms with E-state index in [4.69, 9.17) is 21.7 Å². The molecule has 2 saturated heterocycles. The number of ether oxygens (including phenoxy) is 2. The molecule has 2 aliphatic heterocycles. The molecule has 0 saturated carbocycles. The molecule has 1 amide bonds. The number of carbonyl (C=O) groups excluding carboxylic acids is 2. The van der Waals surface area contributed by atoms with Crippen molar-refractivity contribution in [3.05, 3.63) is 70.1 Å². The molecule has 4 rings (SSSR count). The van der Waals surface area contributed by atoms with Crippen LogP contribution >= 0.6 is 24.0 Å². The molecular weight excluding hydrogens is 418 g/mol. The molecule has 0 aromatic heterocycles. The maximum atomic E-state index is 12.7. The summed E-state index contributed by atoms with van der Waals surface area (Å²) in [6, 6.07) is 14.3. The van der Waals surface area contributed by atoms with Gasteiger partial charge >= 0.3 is 5.97 Å². The number of thioether (sulfide) groups is 1. The molecule has 1 unspecified atom stereocenters. The van der Waals surface area contributed by atoms with Gasteiger partial charge in [0.25, 0.3) is 5.91 Å². The number of amides is 1. The Morgan fingerprint density at radius 1 is 1.23 bits per heavy atom. The predicted molar refractivity (Wildman–Crippen MR) is 121 cm³/mol. The molecule has 2 aromatic rings. The Bertz CT molecular complexity index is 993. The Morgan fingerprint density at radius 2 is 1.97 bits per heavy atom. The van der Waals surface area contributed by atoms with E-state index in [1.54, 1.807) is 35.2 Å². The van der Waals surface area contributed by atoms with Crippen LogP contribution in [0.15, 0.2) is 53.4 Å². The highest BCUT2D eigenvalue weighted by molar-refractivity contribution is 8.26. The van der Waals surface area contributed by atoms with Crippen LogP contribution < -0.4 is 4.74 Å². The van der Waals surface area contributed by atoms with Gasteiger partial charge in [-0.15, -0.1) is 0 Å². The fraction of sp³-hybridized carbons (Fsp3) is 0.261. The summed E-state index contributed by atoms with van der Waals surface area (Å²) in [5, 5.41) is 0. The van der Waals surface area contributed by atoms with Crippen LogP contribution in [0.4, 0.5) is 0 Å². The van der Waals surface area contributed by atoms with E-state index in [1.165, 1.54) is 11.8 Å². The minimum absolute atomic E-state index is 0.0642. The van der Waals surface area contributed by atoms with Crippen molar-refractivity contribution in [1.29, 1.82) is 0 Å². The van der Waals surface area contributed by atoms with Crippen molar-refractivity contribution in [2.45, 2.75) is 25.9 Å². The van der Waals surface area contributed by atoms with Gasteiger partial charge in [0.1, 0.15) is 10.1 Å². The van der Waals surface area contributed by atoms with Crippen molar-refractivity contribution in [3.63, 3.8) is 0 Å². The molecule has 2 aromatic carbocycles. The van der Waals surface area contributed by atoms with Crippen LogP contribution in [0.1, 0.15) is 34.3 Å². The lowest BCUT2D eigenvalue weighted by molar-refractivity contribution is -0.123. The monoisotopic (exact) mass is 439 g/mol. The van der Waals surface area contributed by atoms with Gasteiger partial charge in [-0.3, -0.25) is 9.69 Å². The third-order valence-corrected chi connectivity index (χ3v) is 6.34. The largest absolute Gasteiger partial charge is 0.423 e. The minimum Gasteiger partial charge on any atom is -0.423 e. The minimum atomic E-state index is -0.405. The normalized spacial score (nSPS) is 20.2. The van der Waals surface area contributed by atoms with Gasteiger partial charge in [-0.25, -0.2) is 4.79 Å². The number of nitrogens with zero attached hydrogens (tertiary/aromatic N) is 1. The third-order valence-electron chi connectivity index (χ3n) is 4.96. The van der Waals surface area contributed by atoms with Gasteiger partial charge in [0.2, 0.25) is 0 Å². The number of hydrogen-bond donors (Lipinski definition) is 0. The Labute approximate surface area is 185 Å². The lowest BCUT2D eigenvalue weighted by Crippen LogP contribution is -2.35. The molecule has 2 heterocycles. The standard InChI is InChI=1S/C23H21NO4S2/c1-15-4-8-17(9-5-15)22(26)28-18-10-6-16(7-11-18)13-20-21(25)24(23(29)30-20)14-19-3-2-12-27-19/h4-11,13,19H,2-3,12,14H2,1H3. The SMILES string of the molecule is Cc1ccc(C(=O)Oc2ccc(C=C3SC(=S)N(CC4CCCO4)C3=O)cc2)cc1. The van der Waals surface area contributed by atoms with E-state index in [0.717, 1.165) is 30.6 Å². The summed E-state index contributed by atoms with van der Waals surface area (Å²) >= 11 is 6.68. The first-order valence-electron chi connectivity index (χ1n) is 9.75. The number of esters is 1. The van der Waals surface area contributed by atoms with E-state index >= 15 is 0 Å². The van der Waals surface area contributed by atoms with Crippen molar-refractivity contribution in [2.24, 2.45) is 0 Å². The van der Waals surface area contributed by atoms with Crippen molar-refractivity contribution in [2.75, 3.05) is 13.2 Å². The molecule has 154 valence electrons. The fourth-order valence-corrected chi connectivity index (χ4v) is 4.56. The van der Waals surface area contributed by atoms with E-state index in [0.29, 0.717) is 27.1 Å².